The van der Waals surface area contributed by atoms with Crippen LogP contribution in [0.5, 0.6) is 5.75 Å². The summed E-state index contributed by atoms with van der Waals surface area (Å²) >= 11 is 1.23. The molecule has 3 aromatic rings. The Bertz CT molecular complexity index is 925. The number of hydrogen-bond acceptors (Lipinski definition) is 6. The Morgan fingerprint density at radius 3 is 2.81 bits per heavy atom. The van der Waals surface area contributed by atoms with Gasteiger partial charge in [-0.3, -0.25) is 4.79 Å². The van der Waals surface area contributed by atoms with Crippen LogP contribution in [0.4, 0.5) is 5.69 Å². The number of nitrogen functional groups attached to an aromatic ring is 1. The fourth-order valence-electron chi connectivity index (χ4n) is 2.38. The lowest BCUT2D eigenvalue weighted by Gasteiger charge is -2.06. The van der Waals surface area contributed by atoms with E-state index in [2.05, 4.69) is 15.5 Å². The molecule has 2 aromatic carbocycles. The van der Waals surface area contributed by atoms with Gasteiger partial charge in [0.2, 0.25) is 11.1 Å². The largest absolute Gasteiger partial charge is 0.497 e. The second-order valence-electron chi connectivity index (χ2n) is 5.61. The molecule has 0 atom stereocenters. The fourth-order valence-corrected chi connectivity index (χ4v) is 3.04. The number of anilines is 1. The van der Waals surface area contributed by atoms with Gasteiger partial charge in [-0.05, 0) is 36.8 Å². The summed E-state index contributed by atoms with van der Waals surface area (Å²) in [4.78, 5) is 12.1. The van der Waals surface area contributed by atoms with Gasteiger partial charge in [0.15, 0.2) is 5.82 Å². The van der Waals surface area contributed by atoms with Crippen molar-refractivity contribution in [3.8, 4) is 17.1 Å². The second-order valence-corrected chi connectivity index (χ2v) is 6.56. The minimum absolute atomic E-state index is 0.133. The normalized spacial score (nSPS) is 10.5. The Morgan fingerprint density at radius 1 is 1.23 bits per heavy atom. The molecule has 0 aliphatic carbocycles. The molecule has 7 nitrogen and oxygen atoms in total. The van der Waals surface area contributed by atoms with Gasteiger partial charge in [0.1, 0.15) is 5.75 Å². The molecule has 0 aliphatic heterocycles. The van der Waals surface area contributed by atoms with E-state index in [1.54, 1.807) is 7.11 Å². The molecule has 0 saturated carbocycles. The number of hydrogen-bond donors (Lipinski definition) is 2. The third kappa shape index (κ3) is 4.15. The molecule has 1 heterocycles. The fraction of sp³-hybridized carbons (Fsp3) is 0.167. The van der Waals surface area contributed by atoms with Crippen molar-refractivity contribution in [2.75, 3.05) is 24.0 Å². The summed E-state index contributed by atoms with van der Waals surface area (Å²) in [6, 6.07) is 15.0. The highest BCUT2D eigenvalue weighted by Crippen LogP contribution is 2.24. The van der Waals surface area contributed by atoms with E-state index in [0.29, 0.717) is 16.7 Å². The van der Waals surface area contributed by atoms with Crippen LogP contribution < -0.4 is 15.9 Å². The number of aromatic nitrogens is 3. The van der Waals surface area contributed by atoms with Crippen molar-refractivity contribution in [3.05, 3.63) is 54.1 Å². The number of amides is 1. The molecule has 1 amide bonds. The lowest BCUT2D eigenvalue weighted by molar-refractivity contribution is -0.113. The Labute approximate surface area is 155 Å². The predicted octanol–water partition coefficient (Wildman–Crippen LogP) is 2.71. The number of thioether (sulfide) groups is 1. The predicted molar refractivity (Wildman–Crippen MR) is 103 cm³/mol. The van der Waals surface area contributed by atoms with Crippen molar-refractivity contribution in [1.29, 1.82) is 0 Å². The van der Waals surface area contributed by atoms with E-state index in [9.17, 15) is 4.79 Å². The summed E-state index contributed by atoms with van der Waals surface area (Å²) in [6.07, 6.45) is 0. The number of carbonyl (C=O) groups excluding carboxylic acids is 1. The number of methoxy groups -OCH3 is 1. The zero-order valence-corrected chi connectivity index (χ0v) is 15.3. The lowest BCUT2D eigenvalue weighted by atomic mass is 10.2. The van der Waals surface area contributed by atoms with Gasteiger partial charge in [0, 0.05) is 11.3 Å². The van der Waals surface area contributed by atoms with Crippen molar-refractivity contribution in [1.82, 2.24) is 14.9 Å². The first-order valence-corrected chi connectivity index (χ1v) is 8.89. The topological polar surface area (TPSA) is 95.1 Å². The zero-order valence-electron chi connectivity index (χ0n) is 14.5. The maximum Gasteiger partial charge on any atom is 0.234 e. The van der Waals surface area contributed by atoms with Crippen molar-refractivity contribution in [2.45, 2.75) is 12.1 Å². The van der Waals surface area contributed by atoms with Gasteiger partial charge in [-0.15, -0.1) is 10.2 Å². The molecule has 0 radical (unpaired) electrons. The van der Waals surface area contributed by atoms with Crippen LogP contribution in [-0.2, 0) is 4.79 Å². The molecule has 134 valence electrons. The lowest BCUT2D eigenvalue weighted by Crippen LogP contribution is -2.16. The molecule has 0 unspecified atom stereocenters. The average molecular weight is 369 g/mol. The molecule has 26 heavy (non-hydrogen) atoms. The van der Waals surface area contributed by atoms with E-state index in [-0.39, 0.29) is 11.7 Å². The van der Waals surface area contributed by atoms with Gasteiger partial charge in [0.25, 0.3) is 0 Å². The first kappa shape index (κ1) is 17.8. The number of nitrogens with zero attached hydrogens (tertiary/aromatic N) is 3. The SMILES string of the molecule is COc1cccc(-c2nnc(SCC(=O)Nc3cccc(C)c3)n2N)c1. The maximum absolute atomic E-state index is 12.1. The standard InChI is InChI=1S/C18H19N5O2S/c1-12-5-3-7-14(9-12)20-16(24)11-26-18-22-21-17(23(18)19)13-6-4-8-15(10-13)25-2/h3-10H,11,19H2,1-2H3,(H,20,24). The Hall–Kier alpha value is -3.00. The van der Waals surface area contributed by atoms with E-state index >= 15 is 0 Å². The smallest absolute Gasteiger partial charge is 0.234 e. The molecular weight excluding hydrogens is 350 g/mol. The van der Waals surface area contributed by atoms with Crippen molar-refractivity contribution in [2.24, 2.45) is 0 Å². The molecule has 0 saturated heterocycles. The van der Waals surface area contributed by atoms with Crippen molar-refractivity contribution >= 4 is 23.4 Å². The number of ether oxygens (including phenoxy) is 1. The van der Waals surface area contributed by atoms with E-state index in [0.717, 1.165) is 16.8 Å². The quantitative estimate of drug-likeness (QED) is 0.512. The van der Waals surface area contributed by atoms with Crippen LogP contribution in [0.15, 0.2) is 53.7 Å². The van der Waals surface area contributed by atoms with Crippen LogP contribution in [-0.4, -0.2) is 33.6 Å². The monoisotopic (exact) mass is 369 g/mol. The first-order chi connectivity index (χ1) is 12.6. The summed E-state index contributed by atoms with van der Waals surface area (Å²) in [5, 5.41) is 11.5. The van der Waals surface area contributed by atoms with Crippen LogP contribution in [0.1, 0.15) is 5.56 Å². The number of aryl methyl sites for hydroxylation is 1. The summed E-state index contributed by atoms with van der Waals surface area (Å²) in [6.45, 7) is 1.97. The summed E-state index contributed by atoms with van der Waals surface area (Å²) in [7, 11) is 1.60. The van der Waals surface area contributed by atoms with Gasteiger partial charge < -0.3 is 15.9 Å². The molecule has 3 rings (SSSR count). The molecule has 0 aliphatic rings. The van der Waals surface area contributed by atoms with Crippen LogP contribution in [0, 0.1) is 6.92 Å². The molecule has 8 heteroatoms. The van der Waals surface area contributed by atoms with E-state index < -0.39 is 0 Å². The highest BCUT2D eigenvalue weighted by Gasteiger charge is 2.14. The van der Waals surface area contributed by atoms with Gasteiger partial charge in [0.05, 0.1) is 12.9 Å². The summed E-state index contributed by atoms with van der Waals surface area (Å²) in [5.74, 6) is 7.34. The highest BCUT2D eigenvalue weighted by molar-refractivity contribution is 7.99. The molecule has 0 spiro atoms. The Morgan fingerprint density at radius 2 is 2.04 bits per heavy atom. The molecule has 3 N–H and O–H groups in total. The van der Waals surface area contributed by atoms with Crippen molar-refractivity contribution < 1.29 is 9.53 Å². The third-order valence-corrected chi connectivity index (χ3v) is 4.57. The number of rotatable bonds is 6. The minimum Gasteiger partial charge on any atom is -0.497 e. The van der Waals surface area contributed by atoms with Gasteiger partial charge in [-0.1, -0.05) is 36.0 Å². The summed E-state index contributed by atoms with van der Waals surface area (Å²) in [5.41, 5.74) is 2.64. The molecule has 0 bridgehead atoms. The first-order valence-electron chi connectivity index (χ1n) is 7.91. The minimum atomic E-state index is -0.133. The summed E-state index contributed by atoms with van der Waals surface area (Å²) < 4.78 is 6.58. The molecule has 1 aromatic heterocycles. The zero-order chi connectivity index (χ0) is 18.5. The third-order valence-electron chi connectivity index (χ3n) is 3.63. The molecular formula is C18H19N5O2S. The van der Waals surface area contributed by atoms with Crippen molar-refractivity contribution in [3.63, 3.8) is 0 Å². The van der Waals surface area contributed by atoms with Gasteiger partial charge in [-0.2, -0.15) is 0 Å². The Balaban J connectivity index is 1.65. The second kappa shape index (κ2) is 7.92. The van der Waals surface area contributed by atoms with E-state index in [4.69, 9.17) is 10.6 Å². The van der Waals surface area contributed by atoms with Crippen LogP contribution in [0.25, 0.3) is 11.4 Å². The highest BCUT2D eigenvalue weighted by atomic mass is 32.2. The van der Waals surface area contributed by atoms with Crippen LogP contribution >= 0.6 is 11.8 Å². The maximum atomic E-state index is 12.1. The Kier molecular flexibility index (Phi) is 5.43. The number of nitrogens with two attached hydrogens (primary N) is 1. The number of benzene rings is 2. The van der Waals surface area contributed by atoms with E-state index in [1.807, 2.05) is 55.5 Å². The van der Waals surface area contributed by atoms with Crippen LogP contribution in [0.2, 0.25) is 0 Å². The van der Waals surface area contributed by atoms with E-state index in [1.165, 1.54) is 16.4 Å². The molecule has 0 fully saturated rings. The average Bonchev–Trinajstić information content (AvgIpc) is 3.00. The van der Waals surface area contributed by atoms with Gasteiger partial charge in [-0.25, -0.2) is 4.68 Å². The van der Waals surface area contributed by atoms with Crippen LogP contribution in [0.3, 0.4) is 0 Å². The van der Waals surface area contributed by atoms with Gasteiger partial charge >= 0.3 is 0 Å². The number of nitrogens with one attached hydrogen (secondary N) is 1. The number of carbonyl (C=O) groups is 1.